The summed E-state index contributed by atoms with van der Waals surface area (Å²) in [5.41, 5.74) is 1.39. The second-order valence-corrected chi connectivity index (χ2v) is 6.82. The van der Waals surface area contributed by atoms with Crippen LogP contribution in [0, 0.1) is 11.7 Å². The maximum Gasteiger partial charge on any atom is 0.315 e. The second kappa shape index (κ2) is 8.65. The fourth-order valence-electron chi connectivity index (χ4n) is 3.01. The Kier molecular flexibility index (Phi) is 6.04. The molecule has 1 aromatic heterocycles. The fourth-order valence-corrected chi connectivity index (χ4v) is 3.01. The Morgan fingerprint density at radius 2 is 1.88 bits per heavy atom. The molecule has 0 spiro atoms. The van der Waals surface area contributed by atoms with Crippen LogP contribution >= 0.6 is 0 Å². The minimum Gasteiger partial charge on any atom is -0.357 e. The molecular formula is C20H25FN4O. The van der Waals surface area contributed by atoms with Gasteiger partial charge in [0, 0.05) is 37.9 Å². The van der Waals surface area contributed by atoms with Gasteiger partial charge in [0.1, 0.15) is 11.6 Å². The lowest BCUT2D eigenvalue weighted by atomic mass is 9.99. The number of pyridine rings is 1. The quantitative estimate of drug-likeness (QED) is 0.863. The van der Waals surface area contributed by atoms with Crippen molar-refractivity contribution in [3.63, 3.8) is 0 Å². The van der Waals surface area contributed by atoms with E-state index in [1.807, 2.05) is 12.1 Å². The van der Waals surface area contributed by atoms with Gasteiger partial charge < -0.3 is 15.5 Å². The number of urea groups is 1. The van der Waals surface area contributed by atoms with Crippen LogP contribution in [0.15, 0.2) is 42.6 Å². The average molecular weight is 356 g/mol. The van der Waals surface area contributed by atoms with E-state index in [1.165, 1.54) is 18.9 Å². The number of rotatable bonds is 5. The summed E-state index contributed by atoms with van der Waals surface area (Å²) in [5.74, 6) is 1.46. The fraction of sp³-hybridized carbons (Fsp3) is 0.400. The van der Waals surface area contributed by atoms with Crippen molar-refractivity contribution in [1.82, 2.24) is 15.6 Å². The lowest BCUT2D eigenvalue weighted by Crippen LogP contribution is -2.35. The number of halogens is 1. The molecule has 2 amide bonds. The van der Waals surface area contributed by atoms with Crippen molar-refractivity contribution in [3.8, 4) is 0 Å². The van der Waals surface area contributed by atoms with E-state index < -0.39 is 0 Å². The summed E-state index contributed by atoms with van der Waals surface area (Å²) in [4.78, 5) is 18.7. The van der Waals surface area contributed by atoms with Crippen LogP contribution in [-0.2, 0) is 13.1 Å². The molecular weight excluding hydrogens is 331 g/mol. The van der Waals surface area contributed by atoms with Crippen molar-refractivity contribution in [3.05, 3.63) is 59.5 Å². The summed E-state index contributed by atoms with van der Waals surface area (Å²) in [6.45, 7) is 4.92. The van der Waals surface area contributed by atoms with Gasteiger partial charge in [-0.2, -0.15) is 0 Å². The second-order valence-electron chi connectivity index (χ2n) is 6.82. The monoisotopic (exact) mass is 356 g/mol. The standard InChI is InChI=1S/C20H25FN4O/c1-15-8-10-25(11-9-15)19-7-6-16(12-22-19)13-23-20(26)24-14-17-4-2-3-5-18(17)21/h2-7,12,15H,8-11,13-14H2,1H3,(H2,23,24,26). The minimum absolute atomic E-state index is 0.156. The number of carbonyl (C=O) groups excluding carboxylic acids is 1. The number of piperidine rings is 1. The highest BCUT2D eigenvalue weighted by atomic mass is 19.1. The number of anilines is 1. The molecule has 138 valence electrons. The normalized spacial score (nSPS) is 14.9. The van der Waals surface area contributed by atoms with Gasteiger partial charge in [-0.25, -0.2) is 14.2 Å². The lowest BCUT2D eigenvalue weighted by Gasteiger charge is -2.31. The number of carbonyl (C=O) groups is 1. The molecule has 1 saturated heterocycles. The molecule has 5 nitrogen and oxygen atoms in total. The number of amides is 2. The van der Waals surface area contributed by atoms with Crippen LogP contribution in [0.3, 0.4) is 0 Å². The van der Waals surface area contributed by atoms with Crippen LogP contribution in [0.4, 0.5) is 15.0 Å². The summed E-state index contributed by atoms with van der Waals surface area (Å²) < 4.78 is 13.5. The summed E-state index contributed by atoms with van der Waals surface area (Å²) >= 11 is 0. The molecule has 6 heteroatoms. The predicted molar refractivity (Wildman–Crippen MR) is 100 cm³/mol. The Morgan fingerprint density at radius 1 is 1.15 bits per heavy atom. The van der Waals surface area contributed by atoms with Crippen LogP contribution in [0.2, 0.25) is 0 Å². The van der Waals surface area contributed by atoms with Crippen molar-refractivity contribution < 1.29 is 9.18 Å². The van der Waals surface area contributed by atoms with E-state index in [0.29, 0.717) is 12.1 Å². The zero-order chi connectivity index (χ0) is 18.4. The first-order chi connectivity index (χ1) is 12.6. The van der Waals surface area contributed by atoms with E-state index >= 15 is 0 Å². The molecule has 2 heterocycles. The van der Waals surface area contributed by atoms with E-state index in [1.54, 1.807) is 24.4 Å². The van der Waals surface area contributed by atoms with E-state index in [-0.39, 0.29) is 18.4 Å². The van der Waals surface area contributed by atoms with E-state index in [9.17, 15) is 9.18 Å². The van der Waals surface area contributed by atoms with Crippen molar-refractivity contribution in [2.75, 3.05) is 18.0 Å². The van der Waals surface area contributed by atoms with Gasteiger partial charge in [-0.05, 0) is 36.5 Å². The predicted octanol–water partition coefficient (Wildman–Crippen LogP) is 3.46. The third-order valence-electron chi connectivity index (χ3n) is 4.77. The molecule has 1 fully saturated rings. The minimum atomic E-state index is -0.331. The van der Waals surface area contributed by atoms with Gasteiger partial charge in [0.15, 0.2) is 0 Å². The molecule has 2 aromatic rings. The highest BCUT2D eigenvalue weighted by Crippen LogP contribution is 2.21. The van der Waals surface area contributed by atoms with Gasteiger partial charge in [0.25, 0.3) is 0 Å². The van der Waals surface area contributed by atoms with Gasteiger partial charge in [0.05, 0.1) is 0 Å². The largest absolute Gasteiger partial charge is 0.357 e. The van der Waals surface area contributed by atoms with Gasteiger partial charge in [-0.1, -0.05) is 31.2 Å². The number of benzene rings is 1. The summed E-state index contributed by atoms with van der Waals surface area (Å²) in [7, 11) is 0. The third-order valence-corrected chi connectivity index (χ3v) is 4.77. The third kappa shape index (κ3) is 4.94. The number of aromatic nitrogens is 1. The molecule has 0 saturated carbocycles. The molecule has 2 N–H and O–H groups in total. The van der Waals surface area contributed by atoms with Crippen molar-refractivity contribution in [2.24, 2.45) is 5.92 Å². The van der Waals surface area contributed by atoms with E-state index in [0.717, 1.165) is 30.4 Å². The van der Waals surface area contributed by atoms with Gasteiger partial charge in [-0.3, -0.25) is 0 Å². The van der Waals surface area contributed by atoms with Gasteiger partial charge >= 0.3 is 6.03 Å². The molecule has 1 aliphatic rings. The van der Waals surface area contributed by atoms with Crippen molar-refractivity contribution >= 4 is 11.8 Å². The average Bonchev–Trinajstić information content (AvgIpc) is 2.67. The SMILES string of the molecule is CC1CCN(c2ccc(CNC(=O)NCc3ccccc3F)cn2)CC1. The maximum atomic E-state index is 13.5. The highest BCUT2D eigenvalue weighted by molar-refractivity contribution is 5.73. The Labute approximate surface area is 153 Å². The molecule has 0 radical (unpaired) electrons. The van der Waals surface area contributed by atoms with Crippen LogP contribution in [0.1, 0.15) is 30.9 Å². The topological polar surface area (TPSA) is 57.3 Å². The maximum absolute atomic E-state index is 13.5. The number of hydrogen-bond donors (Lipinski definition) is 2. The van der Waals surface area contributed by atoms with E-state index in [4.69, 9.17) is 0 Å². The molecule has 3 rings (SSSR count). The number of nitrogens with one attached hydrogen (secondary N) is 2. The highest BCUT2D eigenvalue weighted by Gasteiger charge is 2.16. The summed E-state index contributed by atoms with van der Waals surface area (Å²) in [6.07, 6.45) is 4.20. The summed E-state index contributed by atoms with van der Waals surface area (Å²) in [6, 6.07) is 10.1. The van der Waals surface area contributed by atoms with Gasteiger partial charge in [-0.15, -0.1) is 0 Å². The Morgan fingerprint density at radius 3 is 2.58 bits per heavy atom. The van der Waals surface area contributed by atoms with Crippen LogP contribution in [0.25, 0.3) is 0 Å². The Balaban J connectivity index is 1.44. The zero-order valence-electron chi connectivity index (χ0n) is 15.0. The molecule has 1 aromatic carbocycles. The molecule has 0 bridgehead atoms. The van der Waals surface area contributed by atoms with Crippen LogP contribution < -0.4 is 15.5 Å². The molecule has 0 atom stereocenters. The van der Waals surface area contributed by atoms with Crippen molar-refractivity contribution in [2.45, 2.75) is 32.9 Å². The van der Waals surface area contributed by atoms with Crippen molar-refractivity contribution in [1.29, 1.82) is 0 Å². The zero-order valence-corrected chi connectivity index (χ0v) is 15.0. The lowest BCUT2D eigenvalue weighted by molar-refractivity contribution is 0.240. The first kappa shape index (κ1) is 18.2. The Bertz CT molecular complexity index is 727. The smallest absolute Gasteiger partial charge is 0.315 e. The Hall–Kier alpha value is -2.63. The first-order valence-corrected chi connectivity index (χ1v) is 9.07. The number of hydrogen-bond acceptors (Lipinski definition) is 3. The molecule has 0 unspecified atom stereocenters. The molecule has 0 aliphatic carbocycles. The van der Waals surface area contributed by atoms with Gasteiger partial charge in [0.2, 0.25) is 0 Å². The number of nitrogens with zero attached hydrogens (tertiary/aromatic N) is 2. The van der Waals surface area contributed by atoms with Crippen LogP contribution in [-0.4, -0.2) is 24.1 Å². The van der Waals surface area contributed by atoms with E-state index in [2.05, 4.69) is 27.4 Å². The molecule has 26 heavy (non-hydrogen) atoms. The van der Waals surface area contributed by atoms with Crippen LogP contribution in [0.5, 0.6) is 0 Å². The molecule has 1 aliphatic heterocycles. The first-order valence-electron chi connectivity index (χ1n) is 9.07. The summed E-state index contributed by atoms with van der Waals surface area (Å²) in [5, 5.41) is 5.43.